The number of thiazole rings is 1. The number of rotatable bonds is 8. The molecule has 5 aromatic rings. The van der Waals surface area contributed by atoms with E-state index in [1.807, 2.05) is 91.0 Å². The molecule has 7 heteroatoms. The SMILES string of the molecule is Clc1ccc(-c2sc(N/N=C\c3ccc(OCc4ccccc4Cl)cc3)nc2-c2ccccc2)cc1. The van der Waals surface area contributed by atoms with Gasteiger partial charge in [-0.2, -0.15) is 5.10 Å². The maximum atomic E-state index is 6.20. The van der Waals surface area contributed by atoms with Crippen LogP contribution in [0.15, 0.2) is 108 Å². The molecule has 0 atom stereocenters. The molecule has 0 saturated heterocycles. The van der Waals surface area contributed by atoms with E-state index in [0.717, 1.165) is 38.6 Å². The Morgan fingerprint density at radius 3 is 2.28 bits per heavy atom. The van der Waals surface area contributed by atoms with Crippen LogP contribution in [0, 0.1) is 0 Å². The number of aromatic nitrogens is 1. The number of hydrogen-bond donors (Lipinski definition) is 1. The Hall–Kier alpha value is -3.64. The van der Waals surface area contributed by atoms with Crippen LogP contribution in [-0.4, -0.2) is 11.2 Å². The van der Waals surface area contributed by atoms with E-state index in [0.29, 0.717) is 21.8 Å². The first-order valence-electron chi connectivity index (χ1n) is 11.2. The van der Waals surface area contributed by atoms with Crippen LogP contribution in [0.25, 0.3) is 21.7 Å². The molecule has 0 amide bonds. The molecule has 0 aliphatic carbocycles. The van der Waals surface area contributed by atoms with Crippen LogP contribution in [0.2, 0.25) is 10.0 Å². The highest BCUT2D eigenvalue weighted by atomic mass is 35.5. The summed E-state index contributed by atoms with van der Waals surface area (Å²) in [5.74, 6) is 0.764. The molecule has 36 heavy (non-hydrogen) atoms. The van der Waals surface area contributed by atoms with E-state index in [2.05, 4.69) is 22.7 Å². The molecule has 1 aromatic heterocycles. The maximum absolute atomic E-state index is 6.20. The quantitative estimate of drug-likeness (QED) is 0.161. The standard InChI is InChI=1S/C29H21Cl2N3OS/c30-24-14-12-22(13-15-24)28-27(21-6-2-1-3-7-21)33-29(36-28)34-32-18-20-10-16-25(17-11-20)35-19-23-8-4-5-9-26(23)31/h1-18H,19H2,(H,33,34)/b32-18-. The van der Waals surface area contributed by atoms with Crippen LogP contribution in [0.3, 0.4) is 0 Å². The summed E-state index contributed by atoms with van der Waals surface area (Å²) in [6.07, 6.45) is 1.75. The van der Waals surface area contributed by atoms with Gasteiger partial charge in [-0.15, -0.1) is 0 Å². The van der Waals surface area contributed by atoms with Crippen molar-refractivity contribution in [2.24, 2.45) is 5.10 Å². The summed E-state index contributed by atoms with van der Waals surface area (Å²) in [4.78, 5) is 5.87. The van der Waals surface area contributed by atoms with Crippen molar-refractivity contribution < 1.29 is 4.74 Å². The highest BCUT2D eigenvalue weighted by Crippen LogP contribution is 2.39. The van der Waals surface area contributed by atoms with Gasteiger partial charge in [0, 0.05) is 21.2 Å². The average molecular weight is 530 g/mol. The lowest BCUT2D eigenvalue weighted by Crippen LogP contribution is -1.96. The minimum Gasteiger partial charge on any atom is -0.489 e. The van der Waals surface area contributed by atoms with Crippen LogP contribution in [0.5, 0.6) is 5.75 Å². The Kier molecular flexibility index (Phi) is 7.62. The van der Waals surface area contributed by atoms with E-state index < -0.39 is 0 Å². The zero-order valence-electron chi connectivity index (χ0n) is 19.1. The third-order valence-electron chi connectivity index (χ3n) is 5.39. The molecule has 178 valence electrons. The van der Waals surface area contributed by atoms with E-state index in [1.165, 1.54) is 0 Å². The maximum Gasteiger partial charge on any atom is 0.204 e. The molecule has 0 aliphatic heterocycles. The Morgan fingerprint density at radius 1 is 0.806 bits per heavy atom. The Labute approximate surface area is 223 Å². The lowest BCUT2D eigenvalue weighted by molar-refractivity contribution is 0.306. The van der Waals surface area contributed by atoms with Crippen LogP contribution < -0.4 is 10.2 Å². The number of ether oxygens (including phenoxy) is 1. The second-order valence-electron chi connectivity index (χ2n) is 7.89. The second-order valence-corrected chi connectivity index (χ2v) is 9.73. The predicted molar refractivity (Wildman–Crippen MR) is 151 cm³/mol. The molecule has 1 heterocycles. The summed E-state index contributed by atoms with van der Waals surface area (Å²) >= 11 is 13.8. The van der Waals surface area contributed by atoms with Gasteiger partial charge in [-0.25, -0.2) is 4.98 Å². The number of nitrogens with one attached hydrogen (secondary N) is 1. The fraction of sp³-hybridized carbons (Fsp3) is 0.0345. The van der Waals surface area contributed by atoms with Gasteiger partial charge in [0.2, 0.25) is 5.13 Å². The molecule has 0 radical (unpaired) electrons. The lowest BCUT2D eigenvalue weighted by atomic mass is 10.1. The van der Waals surface area contributed by atoms with Crippen molar-refractivity contribution in [1.82, 2.24) is 4.98 Å². The number of anilines is 1. The number of nitrogens with zero attached hydrogens (tertiary/aromatic N) is 2. The molecule has 5 rings (SSSR count). The van der Waals surface area contributed by atoms with Crippen molar-refractivity contribution in [3.8, 4) is 27.4 Å². The molecular weight excluding hydrogens is 509 g/mol. The van der Waals surface area contributed by atoms with Gasteiger partial charge in [0.25, 0.3) is 0 Å². The minimum absolute atomic E-state index is 0.415. The summed E-state index contributed by atoms with van der Waals surface area (Å²) in [6.45, 7) is 0.415. The average Bonchev–Trinajstić information content (AvgIpc) is 3.34. The van der Waals surface area contributed by atoms with Crippen molar-refractivity contribution in [2.75, 3.05) is 5.43 Å². The van der Waals surface area contributed by atoms with Crippen molar-refractivity contribution in [1.29, 1.82) is 0 Å². The van der Waals surface area contributed by atoms with Crippen LogP contribution in [0.1, 0.15) is 11.1 Å². The fourth-order valence-corrected chi connectivity index (χ4v) is 4.80. The van der Waals surface area contributed by atoms with E-state index in [4.69, 9.17) is 32.9 Å². The van der Waals surface area contributed by atoms with Gasteiger partial charge in [0.1, 0.15) is 12.4 Å². The van der Waals surface area contributed by atoms with E-state index in [-0.39, 0.29) is 0 Å². The molecule has 0 fully saturated rings. The normalized spacial score (nSPS) is 11.1. The molecule has 1 N–H and O–H groups in total. The zero-order valence-corrected chi connectivity index (χ0v) is 21.4. The van der Waals surface area contributed by atoms with Crippen molar-refractivity contribution >= 4 is 45.9 Å². The number of halogens is 2. The predicted octanol–water partition coefficient (Wildman–Crippen LogP) is 8.81. The van der Waals surface area contributed by atoms with Gasteiger partial charge in [-0.3, -0.25) is 5.43 Å². The Balaban J connectivity index is 1.28. The van der Waals surface area contributed by atoms with Crippen molar-refractivity contribution in [3.63, 3.8) is 0 Å². The largest absolute Gasteiger partial charge is 0.489 e. The fourth-order valence-electron chi connectivity index (χ4n) is 3.55. The molecular formula is C29H21Cl2N3OS. The first-order chi connectivity index (χ1) is 17.7. The lowest BCUT2D eigenvalue weighted by Gasteiger charge is -2.07. The molecule has 4 aromatic carbocycles. The third kappa shape index (κ3) is 5.94. The van der Waals surface area contributed by atoms with E-state index in [9.17, 15) is 0 Å². The molecule has 4 nitrogen and oxygen atoms in total. The van der Waals surface area contributed by atoms with Gasteiger partial charge < -0.3 is 4.74 Å². The smallest absolute Gasteiger partial charge is 0.204 e. The molecule has 0 saturated carbocycles. The second kappa shape index (κ2) is 11.4. The summed E-state index contributed by atoms with van der Waals surface area (Å²) in [5, 5.41) is 6.50. The van der Waals surface area contributed by atoms with Gasteiger partial charge in [-0.05, 0) is 53.6 Å². The van der Waals surface area contributed by atoms with Crippen LogP contribution in [0.4, 0.5) is 5.13 Å². The van der Waals surface area contributed by atoms with Crippen LogP contribution >= 0.6 is 34.5 Å². The van der Waals surface area contributed by atoms with E-state index >= 15 is 0 Å². The summed E-state index contributed by atoms with van der Waals surface area (Å²) in [7, 11) is 0. The minimum atomic E-state index is 0.415. The molecule has 0 bridgehead atoms. The van der Waals surface area contributed by atoms with Gasteiger partial charge in [0.15, 0.2) is 0 Å². The number of hydrogen-bond acceptors (Lipinski definition) is 5. The number of hydrazone groups is 1. The van der Waals surface area contributed by atoms with Crippen molar-refractivity contribution in [3.05, 3.63) is 124 Å². The number of benzene rings is 4. The molecule has 0 spiro atoms. The first kappa shape index (κ1) is 24.1. The van der Waals surface area contributed by atoms with E-state index in [1.54, 1.807) is 17.6 Å². The monoisotopic (exact) mass is 529 g/mol. The summed E-state index contributed by atoms with van der Waals surface area (Å²) in [6, 6.07) is 33.3. The highest BCUT2D eigenvalue weighted by molar-refractivity contribution is 7.19. The third-order valence-corrected chi connectivity index (χ3v) is 7.02. The topological polar surface area (TPSA) is 46.5 Å². The Bertz CT molecular complexity index is 1470. The van der Waals surface area contributed by atoms with Gasteiger partial charge >= 0.3 is 0 Å². The highest BCUT2D eigenvalue weighted by Gasteiger charge is 2.14. The van der Waals surface area contributed by atoms with Gasteiger partial charge in [0.05, 0.1) is 16.8 Å². The van der Waals surface area contributed by atoms with Crippen LogP contribution in [-0.2, 0) is 6.61 Å². The van der Waals surface area contributed by atoms with Gasteiger partial charge in [-0.1, -0.05) is 95.2 Å². The zero-order chi connectivity index (χ0) is 24.7. The Morgan fingerprint density at radius 2 is 1.53 bits per heavy atom. The summed E-state index contributed by atoms with van der Waals surface area (Å²) in [5.41, 5.74) is 7.97. The summed E-state index contributed by atoms with van der Waals surface area (Å²) < 4.78 is 5.85. The molecule has 0 aliphatic rings. The first-order valence-corrected chi connectivity index (χ1v) is 12.8. The molecule has 0 unspecified atom stereocenters. The van der Waals surface area contributed by atoms with Crippen molar-refractivity contribution in [2.45, 2.75) is 6.61 Å².